The van der Waals surface area contributed by atoms with Crippen LogP contribution in [0.2, 0.25) is 5.02 Å². The molecule has 5 heteroatoms. The summed E-state index contributed by atoms with van der Waals surface area (Å²) in [6.45, 7) is 3.86. The van der Waals surface area contributed by atoms with Crippen molar-refractivity contribution >= 4 is 28.9 Å². The van der Waals surface area contributed by atoms with Crippen molar-refractivity contribution in [2.75, 3.05) is 10.6 Å². The number of nitrogens with one attached hydrogen (secondary N) is 2. The first-order valence-corrected chi connectivity index (χ1v) is 8.08. The Labute approximate surface area is 140 Å². The van der Waals surface area contributed by atoms with Crippen LogP contribution in [0.5, 0.6) is 5.75 Å². The minimum atomic E-state index is -0.459. The Morgan fingerprint density at radius 1 is 1.26 bits per heavy atom. The summed E-state index contributed by atoms with van der Waals surface area (Å²) in [6.07, 6.45) is 0.470. The fraction of sp³-hybridized carbons (Fsp3) is 0.278. The number of carbonyl (C=O) groups excluding carboxylic acids is 1. The number of rotatable bonds is 4. The highest BCUT2D eigenvalue weighted by atomic mass is 35.5. The molecule has 0 aliphatic carbocycles. The maximum absolute atomic E-state index is 11.7. The standard InChI is InChI=1S/C18H19ClN2O2/c1-3-15(12-4-6-13(19)7-5-12)20-14-8-9-17-16(10-14)21-18(22)11(2)23-17/h4-11,15,20H,3H2,1-2H3,(H,21,22). The number of halogens is 1. The Balaban J connectivity index is 1.80. The molecule has 2 aromatic rings. The number of hydrogen-bond acceptors (Lipinski definition) is 3. The van der Waals surface area contributed by atoms with Crippen LogP contribution < -0.4 is 15.4 Å². The van der Waals surface area contributed by atoms with Gasteiger partial charge in [-0.3, -0.25) is 4.79 Å². The van der Waals surface area contributed by atoms with Crippen molar-refractivity contribution in [2.24, 2.45) is 0 Å². The zero-order chi connectivity index (χ0) is 16.4. The average molecular weight is 331 g/mol. The van der Waals surface area contributed by atoms with Crippen LogP contribution in [0.4, 0.5) is 11.4 Å². The first kappa shape index (κ1) is 15.7. The smallest absolute Gasteiger partial charge is 0.265 e. The zero-order valence-electron chi connectivity index (χ0n) is 13.1. The largest absolute Gasteiger partial charge is 0.479 e. The Morgan fingerprint density at radius 3 is 2.70 bits per heavy atom. The van der Waals surface area contributed by atoms with Crippen molar-refractivity contribution in [3.63, 3.8) is 0 Å². The average Bonchev–Trinajstić information content (AvgIpc) is 2.55. The molecule has 2 aromatic carbocycles. The van der Waals surface area contributed by atoms with E-state index in [0.29, 0.717) is 11.4 Å². The summed E-state index contributed by atoms with van der Waals surface area (Å²) in [7, 11) is 0. The van der Waals surface area contributed by atoms with E-state index in [1.54, 1.807) is 6.92 Å². The predicted octanol–water partition coefficient (Wildman–Crippen LogP) is 4.62. The van der Waals surface area contributed by atoms with Gasteiger partial charge in [0.05, 0.1) is 11.7 Å². The van der Waals surface area contributed by atoms with E-state index in [1.165, 1.54) is 5.56 Å². The third-order valence-corrected chi connectivity index (χ3v) is 4.18. The molecule has 0 bridgehead atoms. The Bertz CT molecular complexity index is 715. The highest BCUT2D eigenvalue weighted by Gasteiger charge is 2.23. The molecule has 1 aliphatic rings. The van der Waals surface area contributed by atoms with Gasteiger partial charge >= 0.3 is 0 Å². The molecule has 0 spiro atoms. The van der Waals surface area contributed by atoms with Crippen LogP contribution in [0.15, 0.2) is 42.5 Å². The Hall–Kier alpha value is -2.20. The molecule has 1 aliphatic heterocycles. The van der Waals surface area contributed by atoms with Gasteiger partial charge in [0.1, 0.15) is 5.75 Å². The second kappa shape index (κ2) is 6.50. The van der Waals surface area contributed by atoms with E-state index in [-0.39, 0.29) is 11.9 Å². The van der Waals surface area contributed by atoms with Gasteiger partial charge in [-0.25, -0.2) is 0 Å². The van der Waals surface area contributed by atoms with Gasteiger partial charge in [0, 0.05) is 10.7 Å². The molecule has 2 N–H and O–H groups in total. The molecule has 2 atom stereocenters. The second-order valence-corrected chi connectivity index (χ2v) is 6.05. The minimum Gasteiger partial charge on any atom is -0.479 e. The summed E-state index contributed by atoms with van der Waals surface area (Å²) in [5.41, 5.74) is 2.80. The van der Waals surface area contributed by atoms with Gasteiger partial charge in [0.2, 0.25) is 0 Å². The lowest BCUT2D eigenvalue weighted by atomic mass is 10.0. The minimum absolute atomic E-state index is 0.126. The fourth-order valence-electron chi connectivity index (χ4n) is 2.62. The van der Waals surface area contributed by atoms with E-state index >= 15 is 0 Å². The SMILES string of the molecule is CCC(Nc1ccc2c(c1)NC(=O)C(C)O2)c1ccc(Cl)cc1. The van der Waals surface area contributed by atoms with Crippen molar-refractivity contribution in [2.45, 2.75) is 32.4 Å². The van der Waals surface area contributed by atoms with Gasteiger partial charge in [-0.15, -0.1) is 0 Å². The van der Waals surface area contributed by atoms with E-state index in [9.17, 15) is 4.79 Å². The van der Waals surface area contributed by atoms with E-state index < -0.39 is 6.10 Å². The quantitative estimate of drug-likeness (QED) is 0.859. The van der Waals surface area contributed by atoms with Gasteiger partial charge in [0.25, 0.3) is 5.91 Å². The number of fused-ring (bicyclic) bond motifs is 1. The summed E-state index contributed by atoms with van der Waals surface area (Å²) in [5.74, 6) is 0.571. The van der Waals surface area contributed by atoms with E-state index in [4.69, 9.17) is 16.3 Å². The fourth-order valence-corrected chi connectivity index (χ4v) is 2.74. The van der Waals surface area contributed by atoms with Gasteiger partial charge < -0.3 is 15.4 Å². The Kier molecular flexibility index (Phi) is 4.44. The van der Waals surface area contributed by atoms with E-state index in [1.807, 2.05) is 42.5 Å². The Morgan fingerprint density at radius 2 is 2.00 bits per heavy atom. The first-order chi connectivity index (χ1) is 11.1. The number of carbonyl (C=O) groups is 1. The predicted molar refractivity (Wildman–Crippen MR) is 93.3 cm³/mol. The van der Waals surface area contributed by atoms with Crippen LogP contribution in [0.3, 0.4) is 0 Å². The molecule has 120 valence electrons. The molecule has 0 saturated carbocycles. The molecule has 0 fully saturated rings. The topological polar surface area (TPSA) is 50.4 Å². The molecule has 3 rings (SSSR count). The summed E-state index contributed by atoms with van der Waals surface area (Å²) < 4.78 is 5.57. The van der Waals surface area contributed by atoms with Crippen LogP contribution in [-0.4, -0.2) is 12.0 Å². The number of anilines is 2. The summed E-state index contributed by atoms with van der Waals surface area (Å²) in [6, 6.07) is 13.7. The van der Waals surface area contributed by atoms with Crippen molar-refractivity contribution in [3.05, 3.63) is 53.1 Å². The van der Waals surface area contributed by atoms with Gasteiger partial charge in [-0.05, 0) is 49.2 Å². The van der Waals surface area contributed by atoms with Crippen LogP contribution in [0.1, 0.15) is 31.9 Å². The van der Waals surface area contributed by atoms with Crippen LogP contribution in [0.25, 0.3) is 0 Å². The van der Waals surface area contributed by atoms with Crippen LogP contribution >= 0.6 is 11.6 Å². The lowest BCUT2D eigenvalue weighted by molar-refractivity contribution is -0.122. The molecular weight excluding hydrogens is 312 g/mol. The monoisotopic (exact) mass is 330 g/mol. The summed E-state index contributed by atoms with van der Waals surface area (Å²) in [5, 5.41) is 7.09. The van der Waals surface area contributed by atoms with Crippen molar-refractivity contribution in [1.29, 1.82) is 0 Å². The maximum atomic E-state index is 11.7. The molecular formula is C18H19ClN2O2. The van der Waals surface area contributed by atoms with Crippen LogP contribution in [0, 0.1) is 0 Å². The third-order valence-electron chi connectivity index (χ3n) is 3.93. The molecule has 0 aromatic heterocycles. The van der Waals surface area contributed by atoms with Gasteiger partial charge in [0.15, 0.2) is 6.10 Å². The van der Waals surface area contributed by atoms with Gasteiger partial charge in [-0.1, -0.05) is 30.7 Å². The zero-order valence-corrected chi connectivity index (χ0v) is 13.9. The van der Waals surface area contributed by atoms with Crippen molar-refractivity contribution in [1.82, 2.24) is 0 Å². The first-order valence-electron chi connectivity index (χ1n) is 7.70. The number of amides is 1. The number of ether oxygens (including phenoxy) is 1. The van der Waals surface area contributed by atoms with Crippen molar-refractivity contribution < 1.29 is 9.53 Å². The van der Waals surface area contributed by atoms with Crippen LogP contribution in [-0.2, 0) is 4.79 Å². The second-order valence-electron chi connectivity index (χ2n) is 5.62. The lowest BCUT2D eigenvalue weighted by Gasteiger charge is -2.25. The highest BCUT2D eigenvalue weighted by molar-refractivity contribution is 6.30. The molecule has 4 nitrogen and oxygen atoms in total. The molecule has 2 unspecified atom stereocenters. The lowest BCUT2D eigenvalue weighted by Crippen LogP contribution is -2.34. The number of hydrogen-bond donors (Lipinski definition) is 2. The molecule has 1 amide bonds. The van der Waals surface area contributed by atoms with Gasteiger partial charge in [-0.2, -0.15) is 0 Å². The molecule has 1 heterocycles. The number of benzene rings is 2. The molecule has 0 saturated heterocycles. The normalized spacial score (nSPS) is 17.7. The molecule has 0 radical (unpaired) electrons. The summed E-state index contributed by atoms with van der Waals surface area (Å²) >= 11 is 5.95. The highest BCUT2D eigenvalue weighted by Crippen LogP contribution is 2.33. The summed E-state index contributed by atoms with van der Waals surface area (Å²) in [4.78, 5) is 11.7. The van der Waals surface area contributed by atoms with E-state index in [2.05, 4.69) is 17.6 Å². The molecule has 23 heavy (non-hydrogen) atoms. The van der Waals surface area contributed by atoms with E-state index in [0.717, 1.165) is 17.1 Å². The maximum Gasteiger partial charge on any atom is 0.265 e. The van der Waals surface area contributed by atoms with Crippen molar-refractivity contribution in [3.8, 4) is 5.75 Å². The third kappa shape index (κ3) is 3.42.